The Morgan fingerprint density at radius 1 is 1.11 bits per heavy atom. The summed E-state index contributed by atoms with van der Waals surface area (Å²) in [4.78, 5) is 26.3. The molecular weight excluding hydrogens is 232 g/mol. The first-order chi connectivity index (χ1) is 8.65. The van der Waals surface area contributed by atoms with Crippen LogP contribution in [0, 0.1) is 0 Å². The summed E-state index contributed by atoms with van der Waals surface area (Å²) in [5.74, 6) is 0. The Labute approximate surface area is 108 Å². The van der Waals surface area contributed by atoms with Crippen LogP contribution in [0.2, 0.25) is 0 Å². The summed E-state index contributed by atoms with van der Waals surface area (Å²) in [5, 5.41) is 2.91. The number of carbonyl (C=O) groups is 2. The molecule has 1 aliphatic rings. The zero-order valence-electron chi connectivity index (χ0n) is 11.2. The highest BCUT2D eigenvalue weighted by Gasteiger charge is 2.20. The summed E-state index contributed by atoms with van der Waals surface area (Å²) >= 11 is 0. The average Bonchev–Trinajstić information content (AvgIpc) is 2.60. The summed E-state index contributed by atoms with van der Waals surface area (Å²) in [6.07, 6.45) is 4.08. The molecule has 0 spiro atoms. The van der Waals surface area contributed by atoms with Gasteiger partial charge in [-0.1, -0.05) is 19.8 Å². The number of amides is 4. The van der Waals surface area contributed by atoms with E-state index in [-0.39, 0.29) is 6.03 Å². The number of hydrogen-bond acceptors (Lipinski definition) is 2. The van der Waals surface area contributed by atoms with Crippen molar-refractivity contribution in [3.63, 3.8) is 0 Å². The minimum atomic E-state index is -0.403. The van der Waals surface area contributed by atoms with E-state index in [1.165, 1.54) is 0 Å². The van der Waals surface area contributed by atoms with E-state index in [2.05, 4.69) is 12.2 Å². The summed E-state index contributed by atoms with van der Waals surface area (Å²) in [6, 6.07) is -0.433. The van der Waals surface area contributed by atoms with Crippen molar-refractivity contribution < 1.29 is 9.59 Å². The van der Waals surface area contributed by atoms with Gasteiger partial charge in [0.25, 0.3) is 0 Å². The van der Waals surface area contributed by atoms with Gasteiger partial charge in [-0.3, -0.25) is 0 Å². The molecule has 6 nitrogen and oxygen atoms in total. The number of nitrogens with zero attached hydrogens (tertiary/aromatic N) is 2. The number of hydrogen-bond donors (Lipinski definition) is 2. The van der Waals surface area contributed by atoms with Crippen LogP contribution in [0.5, 0.6) is 0 Å². The van der Waals surface area contributed by atoms with Crippen molar-refractivity contribution in [3.8, 4) is 0 Å². The number of rotatable bonds is 4. The molecule has 3 N–H and O–H groups in total. The topological polar surface area (TPSA) is 78.7 Å². The number of urea groups is 2. The van der Waals surface area contributed by atoms with Crippen LogP contribution in [0.3, 0.4) is 0 Å². The summed E-state index contributed by atoms with van der Waals surface area (Å²) < 4.78 is 0. The molecule has 0 radical (unpaired) electrons. The molecule has 4 amide bonds. The molecule has 0 aromatic rings. The van der Waals surface area contributed by atoms with Gasteiger partial charge in [0.15, 0.2) is 0 Å². The Balaban J connectivity index is 2.29. The maximum Gasteiger partial charge on any atom is 0.317 e. The highest BCUT2D eigenvalue weighted by atomic mass is 16.2. The van der Waals surface area contributed by atoms with E-state index < -0.39 is 6.03 Å². The normalized spacial score (nSPS) is 16.3. The second kappa shape index (κ2) is 7.79. The van der Waals surface area contributed by atoms with E-state index >= 15 is 0 Å². The van der Waals surface area contributed by atoms with Gasteiger partial charge in [-0.15, -0.1) is 0 Å². The lowest BCUT2D eigenvalue weighted by Crippen LogP contribution is -2.43. The zero-order valence-corrected chi connectivity index (χ0v) is 11.2. The van der Waals surface area contributed by atoms with Crippen molar-refractivity contribution in [2.75, 3.05) is 32.7 Å². The lowest BCUT2D eigenvalue weighted by molar-refractivity contribution is 0.195. The van der Waals surface area contributed by atoms with Gasteiger partial charge in [0.2, 0.25) is 0 Å². The lowest BCUT2D eigenvalue weighted by Gasteiger charge is -2.21. The Hall–Kier alpha value is -1.46. The average molecular weight is 256 g/mol. The molecular formula is C12H24N4O2. The highest BCUT2D eigenvalue weighted by Crippen LogP contribution is 2.03. The maximum atomic E-state index is 11.9. The Bertz CT molecular complexity index is 283. The molecule has 1 fully saturated rings. The van der Waals surface area contributed by atoms with E-state index in [9.17, 15) is 9.59 Å². The molecule has 0 aliphatic carbocycles. The SMILES string of the molecule is CCCCCNC(=O)N1CCCN(C(N)=O)CC1. The monoisotopic (exact) mass is 256 g/mol. The van der Waals surface area contributed by atoms with Crippen molar-refractivity contribution in [1.29, 1.82) is 0 Å². The second-order valence-corrected chi connectivity index (χ2v) is 4.60. The summed E-state index contributed by atoms with van der Waals surface area (Å²) in [7, 11) is 0. The standard InChI is InChI=1S/C12H24N4O2/c1-2-3-4-6-14-12(18)16-8-5-7-15(9-10-16)11(13)17/h2-10H2,1H3,(H2,13,17)(H,14,18). The maximum absolute atomic E-state index is 11.9. The van der Waals surface area contributed by atoms with Gasteiger partial charge in [0, 0.05) is 32.7 Å². The van der Waals surface area contributed by atoms with Crippen LogP contribution in [0.15, 0.2) is 0 Å². The number of primary amides is 1. The lowest BCUT2D eigenvalue weighted by atomic mass is 10.2. The van der Waals surface area contributed by atoms with Crippen LogP contribution in [0.25, 0.3) is 0 Å². The third-order valence-electron chi connectivity index (χ3n) is 3.15. The molecule has 0 unspecified atom stereocenters. The largest absolute Gasteiger partial charge is 0.351 e. The van der Waals surface area contributed by atoms with Crippen molar-refractivity contribution in [2.45, 2.75) is 32.6 Å². The Kier molecular flexibility index (Phi) is 6.32. The fraction of sp³-hybridized carbons (Fsp3) is 0.833. The highest BCUT2D eigenvalue weighted by molar-refractivity contribution is 5.75. The fourth-order valence-corrected chi connectivity index (χ4v) is 2.02. The number of carbonyl (C=O) groups excluding carboxylic acids is 2. The van der Waals surface area contributed by atoms with Gasteiger partial charge in [-0.2, -0.15) is 0 Å². The molecule has 0 atom stereocenters. The van der Waals surface area contributed by atoms with Gasteiger partial charge >= 0.3 is 12.1 Å². The molecule has 6 heteroatoms. The Morgan fingerprint density at radius 2 is 1.78 bits per heavy atom. The smallest absolute Gasteiger partial charge is 0.317 e. The molecule has 18 heavy (non-hydrogen) atoms. The zero-order chi connectivity index (χ0) is 13.4. The molecule has 1 rings (SSSR count). The van der Waals surface area contributed by atoms with Crippen molar-refractivity contribution in [1.82, 2.24) is 15.1 Å². The molecule has 1 saturated heterocycles. The third-order valence-corrected chi connectivity index (χ3v) is 3.15. The number of nitrogens with two attached hydrogens (primary N) is 1. The van der Waals surface area contributed by atoms with Gasteiger partial charge in [-0.05, 0) is 12.8 Å². The number of unbranched alkanes of at least 4 members (excludes halogenated alkanes) is 2. The van der Waals surface area contributed by atoms with Gasteiger partial charge in [0.1, 0.15) is 0 Å². The quantitative estimate of drug-likeness (QED) is 0.735. The van der Waals surface area contributed by atoms with Crippen LogP contribution >= 0.6 is 0 Å². The van der Waals surface area contributed by atoms with E-state index in [0.717, 1.165) is 32.2 Å². The predicted molar refractivity (Wildman–Crippen MR) is 70.3 cm³/mol. The van der Waals surface area contributed by atoms with Crippen LogP contribution in [0.1, 0.15) is 32.6 Å². The molecule has 0 saturated carbocycles. The van der Waals surface area contributed by atoms with Crippen LogP contribution < -0.4 is 11.1 Å². The molecule has 104 valence electrons. The van der Waals surface area contributed by atoms with E-state index in [0.29, 0.717) is 26.2 Å². The molecule has 0 bridgehead atoms. The Morgan fingerprint density at radius 3 is 2.44 bits per heavy atom. The first-order valence-corrected chi connectivity index (χ1v) is 6.72. The number of nitrogens with one attached hydrogen (secondary N) is 1. The molecule has 0 aromatic carbocycles. The van der Waals surface area contributed by atoms with Crippen molar-refractivity contribution in [2.24, 2.45) is 5.73 Å². The van der Waals surface area contributed by atoms with Crippen LogP contribution in [-0.4, -0.2) is 54.6 Å². The third kappa shape index (κ3) is 4.81. The minimum Gasteiger partial charge on any atom is -0.351 e. The molecule has 0 aromatic heterocycles. The van der Waals surface area contributed by atoms with Crippen LogP contribution in [0.4, 0.5) is 9.59 Å². The van der Waals surface area contributed by atoms with Crippen molar-refractivity contribution >= 4 is 12.1 Å². The second-order valence-electron chi connectivity index (χ2n) is 4.60. The fourth-order valence-electron chi connectivity index (χ4n) is 2.02. The first-order valence-electron chi connectivity index (χ1n) is 6.72. The minimum absolute atomic E-state index is 0.0302. The summed E-state index contributed by atoms with van der Waals surface area (Å²) in [5.41, 5.74) is 5.24. The van der Waals surface area contributed by atoms with Gasteiger partial charge in [0.05, 0.1) is 0 Å². The molecule has 1 heterocycles. The van der Waals surface area contributed by atoms with E-state index in [1.54, 1.807) is 9.80 Å². The first kappa shape index (κ1) is 14.6. The van der Waals surface area contributed by atoms with Crippen molar-refractivity contribution in [3.05, 3.63) is 0 Å². The van der Waals surface area contributed by atoms with E-state index in [4.69, 9.17) is 5.73 Å². The van der Waals surface area contributed by atoms with E-state index in [1.807, 2.05) is 0 Å². The van der Waals surface area contributed by atoms with Gasteiger partial charge < -0.3 is 20.9 Å². The predicted octanol–water partition coefficient (Wildman–Crippen LogP) is 0.973. The molecule has 1 aliphatic heterocycles. The van der Waals surface area contributed by atoms with Crippen LogP contribution in [-0.2, 0) is 0 Å². The van der Waals surface area contributed by atoms with Gasteiger partial charge in [-0.25, -0.2) is 9.59 Å². The summed E-state index contributed by atoms with van der Waals surface area (Å²) in [6.45, 7) is 5.26.